The Morgan fingerprint density at radius 3 is 2.50 bits per heavy atom. The summed E-state index contributed by atoms with van der Waals surface area (Å²) in [6.45, 7) is 4.15. The first-order valence-electron chi connectivity index (χ1n) is 6.60. The minimum Gasteiger partial charge on any atom is -0.466 e. The Balaban J connectivity index is 4.01. The van der Waals surface area contributed by atoms with Crippen molar-refractivity contribution in [3.05, 3.63) is 21.9 Å². The molecule has 0 spiro atoms. The van der Waals surface area contributed by atoms with Gasteiger partial charge in [0, 0.05) is 6.42 Å². The van der Waals surface area contributed by atoms with E-state index in [0.717, 1.165) is 25.7 Å². The van der Waals surface area contributed by atoms with Crippen LogP contribution in [0.2, 0.25) is 0 Å². The summed E-state index contributed by atoms with van der Waals surface area (Å²) < 4.78 is 4.74. The van der Waals surface area contributed by atoms with Crippen LogP contribution >= 0.6 is 0 Å². The van der Waals surface area contributed by atoms with Crippen LogP contribution in [-0.2, 0) is 9.53 Å². The Labute approximate surface area is 108 Å². The van der Waals surface area contributed by atoms with Crippen LogP contribution in [-0.4, -0.2) is 17.5 Å². The number of hydrogen-bond donors (Lipinski definition) is 0. The van der Waals surface area contributed by atoms with Gasteiger partial charge in [0.2, 0.25) is 5.70 Å². The molecule has 0 rings (SSSR count). The molecule has 0 aliphatic heterocycles. The van der Waals surface area contributed by atoms with Gasteiger partial charge in [0.25, 0.3) is 0 Å². The maximum Gasteiger partial charge on any atom is 0.306 e. The maximum absolute atomic E-state index is 11.1. The summed E-state index contributed by atoms with van der Waals surface area (Å²) in [5.41, 5.74) is 0.125. The highest BCUT2D eigenvalue weighted by molar-refractivity contribution is 5.69. The van der Waals surface area contributed by atoms with E-state index in [9.17, 15) is 14.9 Å². The van der Waals surface area contributed by atoms with Crippen LogP contribution in [0.5, 0.6) is 0 Å². The minimum atomic E-state index is -0.404. The van der Waals surface area contributed by atoms with Gasteiger partial charge in [-0.2, -0.15) is 0 Å². The monoisotopic (exact) mass is 257 g/mol. The van der Waals surface area contributed by atoms with E-state index in [4.69, 9.17) is 4.74 Å². The summed E-state index contributed by atoms with van der Waals surface area (Å²) in [7, 11) is 0. The van der Waals surface area contributed by atoms with E-state index < -0.39 is 4.92 Å². The fourth-order valence-electron chi connectivity index (χ4n) is 1.57. The van der Waals surface area contributed by atoms with Crippen molar-refractivity contribution in [3.63, 3.8) is 0 Å². The highest BCUT2D eigenvalue weighted by Crippen LogP contribution is 2.11. The molecule has 0 amide bonds. The van der Waals surface area contributed by atoms with Crippen molar-refractivity contribution in [1.82, 2.24) is 0 Å². The molecule has 0 unspecified atom stereocenters. The number of hydrogen-bond acceptors (Lipinski definition) is 4. The molecule has 0 aromatic rings. The molecular weight excluding hydrogens is 234 g/mol. The fraction of sp³-hybridized carbons (Fsp3) is 0.769. The number of allylic oxidation sites excluding steroid dienone is 2. The second-order valence-corrected chi connectivity index (χ2v) is 4.11. The Kier molecular flexibility index (Phi) is 9.91. The van der Waals surface area contributed by atoms with Gasteiger partial charge in [-0.1, -0.05) is 26.2 Å². The minimum absolute atomic E-state index is 0.0790. The van der Waals surface area contributed by atoms with Crippen molar-refractivity contribution in [2.45, 2.75) is 58.8 Å². The third-order valence-electron chi connectivity index (χ3n) is 2.56. The molecule has 0 aliphatic rings. The van der Waals surface area contributed by atoms with Crippen LogP contribution in [0, 0.1) is 10.1 Å². The van der Waals surface area contributed by atoms with Crippen LogP contribution in [0.25, 0.3) is 0 Å². The van der Waals surface area contributed by atoms with Crippen LogP contribution in [0.3, 0.4) is 0 Å². The molecule has 18 heavy (non-hydrogen) atoms. The van der Waals surface area contributed by atoms with Gasteiger partial charge >= 0.3 is 5.97 Å². The SMILES string of the molecule is CCCCCC/C=C(\CCC(=O)OCC)[N+](=O)[O-]. The lowest BCUT2D eigenvalue weighted by molar-refractivity contribution is -0.428. The van der Waals surface area contributed by atoms with Crippen molar-refractivity contribution in [2.75, 3.05) is 6.61 Å². The number of carbonyl (C=O) groups excluding carboxylic acids is 1. The molecule has 0 radical (unpaired) electrons. The van der Waals surface area contributed by atoms with E-state index in [1.807, 2.05) is 0 Å². The molecule has 5 nitrogen and oxygen atoms in total. The predicted molar refractivity (Wildman–Crippen MR) is 69.7 cm³/mol. The fourth-order valence-corrected chi connectivity index (χ4v) is 1.57. The summed E-state index contributed by atoms with van der Waals surface area (Å²) in [6.07, 6.45) is 6.93. The van der Waals surface area contributed by atoms with E-state index in [1.165, 1.54) is 0 Å². The van der Waals surface area contributed by atoms with Crippen molar-refractivity contribution < 1.29 is 14.5 Å². The van der Waals surface area contributed by atoms with E-state index in [0.29, 0.717) is 13.0 Å². The number of unbranched alkanes of at least 4 members (excludes halogenated alkanes) is 4. The summed E-state index contributed by atoms with van der Waals surface area (Å²) in [6, 6.07) is 0. The summed E-state index contributed by atoms with van der Waals surface area (Å²) in [5, 5.41) is 10.8. The molecule has 0 saturated heterocycles. The number of ether oxygens (including phenoxy) is 1. The maximum atomic E-state index is 11.1. The lowest BCUT2D eigenvalue weighted by Gasteiger charge is -2.01. The topological polar surface area (TPSA) is 69.4 Å². The summed E-state index contributed by atoms with van der Waals surface area (Å²) >= 11 is 0. The van der Waals surface area contributed by atoms with Crippen molar-refractivity contribution in [1.29, 1.82) is 0 Å². The lowest BCUT2D eigenvalue weighted by atomic mass is 10.1. The molecule has 0 saturated carbocycles. The van der Waals surface area contributed by atoms with Crippen LogP contribution in [0.15, 0.2) is 11.8 Å². The Morgan fingerprint density at radius 1 is 1.22 bits per heavy atom. The Bertz CT molecular complexity index is 287. The van der Waals surface area contributed by atoms with Gasteiger partial charge in [-0.15, -0.1) is 0 Å². The molecule has 0 fully saturated rings. The number of esters is 1. The molecule has 0 N–H and O–H groups in total. The van der Waals surface area contributed by atoms with E-state index >= 15 is 0 Å². The van der Waals surface area contributed by atoms with Crippen LogP contribution in [0.4, 0.5) is 0 Å². The number of carbonyl (C=O) groups is 1. The number of nitro groups is 1. The Hall–Kier alpha value is -1.39. The zero-order valence-corrected chi connectivity index (χ0v) is 11.3. The zero-order chi connectivity index (χ0) is 13.8. The largest absolute Gasteiger partial charge is 0.466 e. The molecule has 5 heteroatoms. The smallest absolute Gasteiger partial charge is 0.306 e. The van der Waals surface area contributed by atoms with Gasteiger partial charge in [0.15, 0.2) is 0 Å². The summed E-state index contributed by atoms with van der Waals surface area (Å²) in [4.78, 5) is 21.5. The molecule has 0 aliphatic carbocycles. The summed E-state index contributed by atoms with van der Waals surface area (Å²) in [5.74, 6) is -0.378. The second-order valence-electron chi connectivity index (χ2n) is 4.11. The van der Waals surface area contributed by atoms with Crippen LogP contribution < -0.4 is 0 Å². The normalized spacial score (nSPS) is 11.3. The van der Waals surface area contributed by atoms with Gasteiger partial charge < -0.3 is 4.74 Å². The first-order valence-corrected chi connectivity index (χ1v) is 6.60. The Morgan fingerprint density at radius 2 is 1.94 bits per heavy atom. The highest BCUT2D eigenvalue weighted by Gasteiger charge is 2.13. The van der Waals surface area contributed by atoms with Crippen molar-refractivity contribution in [3.8, 4) is 0 Å². The molecule has 0 bridgehead atoms. The van der Waals surface area contributed by atoms with E-state index in [-0.39, 0.29) is 24.5 Å². The quantitative estimate of drug-likeness (QED) is 0.260. The average molecular weight is 257 g/mol. The molecular formula is C13H23NO4. The van der Waals surface area contributed by atoms with Crippen molar-refractivity contribution >= 4 is 5.97 Å². The lowest BCUT2D eigenvalue weighted by Crippen LogP contribution is -2.07. The third kappa shape index (κ3) is 8.73. The molecule has 104 valence electrons. The zero-order valence-electron chi connectivity index (χ0n) is 11.3. The molecule has 0 aromatic carbocycles. The number of nitrogens with zero attached hydrogens (tertiary/aromatic N) is 1. The predicted octanol–water partition coefficient (Wildman–Crippen LogP) is 3.46. The first kappa shape index (κ1) is 16.6. The van der Waals surface area contributed by atoms with Gasteiger partial charge in [-0.3, -0.25) is 14.9 Å². The third-order valence-corrected chi connectivity index (χ3v) is 2.56. The van der Waals surface area contributed by atoms with E-state index in [1.54, 1.807) is 13.0 Å². The van der Waals surface area contributed by atoms with Gasteiger partial charge in [0.1, 0.15) is 0 Å². The van der Waals surface area contributed by atoms with Crippen molar-refractivity contribution in [2.24, 2.45) is 0 Å². The van der Waals surface area contributed by atoms with Gasteiger partial charge in [0.05, 0.1) is 18.0 Å². The molecule has 0 atom stereocenters. The first-order chi connectivity index (χ1) is 8.61. The average Bonchev–Trinajstić information content (AvgIpc) is 2.32. The van der Waals surface area contributed by atoms with E-state index in [2.05, 4.69) is 6.92 Å². The standard InChI is InChI=1S/C13H23NO4/c1-3-5-6-7-8-9-12(14(16)17)10-11-13(15)18-4-2/h9H,3-8,10-11H2,1-2H3/b12-9+. The molecule has 0 aromatic heterocycles. The van der Waals surface area contributed by atoms with Gasteiger partial charge in [-0.05, 0) is 25.8 Å². The number of rotatable bonds is 10. The molecule has 0 heterocycles. The van der Waals surface area contributed by atoms with Gasteiger partial charge in [-0.25, -0.2) is 0 Å². The highest BCUT2D eigenvalue weighted by atomic mass is 16.6. The second kappa shape index (κ2) is 10.7. The van der Waals surface area contributed by atoms with Crippen LogP contribution in [0.1, 0.15) is 58.8 Å².